The molecule has 0 atom stereocenters. The van der Waals surface area contributed by atoms with Crippen molar-refractivity contribution in [2.75, 3.05) is 13.6 Å². The zero-order valence-corrected chi connectivity index (χ0v) is 11.0. The van der Waals surface area contributed by atoms with E-state index >= 15 is 0 Å². The van der Waals surface area contributed by atoms with E-state index in [4.69, 9.17) is 0 Å². The van der Waals surface area contributed by atoms with Gasteiger partial charge in [-0.3, -0.25) is 4.79 Å². The van der Waals surface area contributed by atoms with Crippen LogP contribution in [0.3, 0.4) is 0 Å². The minimum absolute atomic E-state index is 0.0575. The molecule has 3 nitrogen and oxygen atoms in total. The van der Waals surface area contributed by atoms with Gasteiger partial charge in [-0.05, 0) is 26.0 Å². The molecule has 0 unspecified atom stereocenters. The molecular weight excluding hydrogens is 259 g/mol. The van der Waals surface area contributed by atoms with E-state index < -0.39 is 28.8 Å². The number of amides is 1. The van der Waals surface area contributed by atoms with E-state index in [1.54, 1.807) is 0 Å². The fourth-order valence-corrected chi connectivity index (χ4v) is 1.77. The van der Waals surface area contributed by atoms with Crippen molar-refractivity contribution >= 4 is 5.91 Å². The molecule has 0 aliphatic rings. The molecule has 1 N–H and O–H groups in total. The summed E-state index contributed by atoms with van der Waals surface area (Å²) in [4.78, 5) is 13.1. The number of carbonyl (C=O) groups excluding carboxylic acids is 1. The average Bonchev–Trinajstić information content (AvgIpc) is 2.24. The van der Waals surface area contributed by atoms with Crippen LogP contribution in [-0.2, 0) is 6.18 Å². The number of halogens is 3. The van der Waals surface area contributed by atoms with Gasteiger partial charge in [0.15, 0.2) is 0 Å². The fourth-order valence-electron chi connectivity index (χ4n) is 1.77. The van der Waals surface area contributed by atoms with Crippen molar-refractivity contribution in [3.8, 4) is 0 Å². The molecule has 0 spiro atoms. The van der Waals surface area contributed by atoms with Crippen molar-refractivity contribution in [3.63, 3.8) is 0 Å². The third-order valence-electron chi connectivity index (χ3n) is 2.43. The second-order valence-corrected chi connectivity index (χ2v) is 5.02. The van der Waals surface area contributed by atoms with Crippen LogP contribution >= 0.6 is 0 Å². The van der Waals surface area contributed by atoms with Crippen molar-refractivity contribution < 1.29 is 23.1 Å². The van der Waals surface area contributed by atoms with E-state index in [0.29, 0.717) is 0 Å². The summed E-state index contributed by atoms with van der Waals surface area (Å²) in [5.41, 5.74) is -2.55. The van der Waals surface area contributed by atoms with Crippen molar-refractivity contribution in [1.82, 2.24) is 4.90 Å². The summed E-state index contributed by atoms with van der Waals surface area (Å²) in [5, 5.41) is 9.60. The van der Waals surface area contributed by atoms with Gasteiger partial charge in [0.2, 0.25) is 0 Å². The summed E-state index contributed by atoms with van der Waals surface area (Å²) in [7, 11) is 1.35. The molecule has 0 aliphatic carbocycles. The molecule has 0 saturated heterocycles. The zero-order valence-electron chi connectivity index (χ0n) is 11.0. The number of hydrogen-bond donors (Lipinski definition) is 1. The van der Waals surface area contributed by atoms with Gasteiger partial charge >= 0.3 is 6.18 Å². The molecule has 0 aliphatic heterocycles. The Bertz CT molecular complexity index is 464. The summed E-state index contributed by atoms with van der Waals surface area (Å²) in [6.45, 7) is 2.90. The maximum absolute atomic E-state index is 12.8. The highest BCUT2D eigenvalue weighted by Gasteiger charge is 2.35. The van der Waals surface area contributed by atoms with Gasteiger partial charge in [0.25, 0.3) is 5.91 Å². The Labute approximate surface area is 109 Å². The number of benzene rings is 1. The fraction of sp³-hybridized carbons (Fsp3) is 0.462. The van der Waals surface area contributed by atoms with Crippen molar-refractivity contribution in [2.45, 2.75) is 25.6 Å². The van der Waals surface area contributed by atoms with Crippen LogP contribution in [0.25, 0.3) is 0 Å². The van der Waals surface area contributed by atoms with Gasteiger partial charge in [0.05, 0.1) is 16.7 Å². The topological polar surface area (TPSA) is 40.5 Å². The smallest absolute Gasteiger partial charge is 0.389 e. The molecule has 0 saturated carbocycles. The van der Waals surface area contributed by atoms with E-state index in [0.717, 1.165) is 17.0 Å². The maximum atomic E-state index is 12.8. The van der Waals surface area contributed by atoms with Crippen LogP contribution in [-0.4, -0.2) is 35.1 Å². The minimum Gasteiger partial charge on any atom is -0.389 e. The first-order valence-corrected chi connectivity index (χ1v) is 5.66. The van der Waals surface area contributed by atoms with Crippen molar-refractivity contribution in [2.24, 2.45) is 0 Å². The molecule has 19 heavy (non-hydrogen) atoms. The number of hydrogen-bond acceptors (Lipinski definition) is 2. The van der Waals surface area contributed by atoms with Gasteiger partial charge < -0.3 is 10.0 Å². The molecule has 1 aromatic carbocycles. The minimum atomic E-state index is -4.58. The van der Waals surface area contributed by atoms with E-state index in [1.165, 1.54) is 33.0 Å². The molecule has 1 aromatic rings. The Hall–Kier alpha value is -1.56. The van der Waals surface area contributed by atoms with Crippen molar-refractivity contribution in [3.05, 3.63) is 35.4 Å². The Morgan fingerprint density at radius 1 is 1.26 bits per heavy atom. The molecule has 1 rings (SSSR count). The monoisotopic (exact) mass is 275 g/mol. The SMILES string of the molecule is CN(CC(C)(C)O)C(=O)c1ccccc1C(F)(F)F. The Morgan fingerprint density at radius 2 is 1.79 bits per heavy atom. The van der Waals surface area contributed by atoms with Gasteiger partial charge in [-0.15, -0.1) is 0 Å². The van der Waals surface area contributed by atoms with E-state index in [2.05, 4.69) is 0 Å². The highest BCUT2D eigenvalue weighted by Crippen LogP contribution is 2.32. The molecule has 1 amide bonds. The maximum Gasteiger partial charge on any atom is 0.417 e. The second kappa shape index (κ2) is 5.21. The summed E-state index contributed by atoms with van der Waals surface area (Å²) in [5.74, 6) is -0.768. The predicted molar refractivity (Wildman–Crippen MR) is 64.7 cm³/mol. The number of likely N-dealkylation sites (N-methyl/N-ethyl adjacent to an activating group) is 1. The van der Waals surface area contributed by atoms with Crippen LogP contribution in [0.15, 0.2) is 24.3 Å². The van der Waals surface area contributed by atoms with Crippen molar-refractivity contribution in [1.29, 1.82) is 0 Å². The van der Waals surface area contributed by atoms with Crippen LogP contribution < -0.4 is 0 Å². The average molecular weight is 275 g/mol. The summed E-state index contributed by atoms with van der Waals surface area (Å²) < 4.78 is 38.4. The Balaban J connectivity index is 3.07. The normalized spacial score (nSPS) is 12.4. The first-order valence-electron chi connectivity index (χ1n) is 5.66. The lowest BCUT2D eigenvalue weighted by molar-refractivity contribution is -0.138. The molecule has 0 heterocycles. The number of rotatable bonds is 3. The van der Waals surface area contributed by atoms with Gasteiger partial charge in [0, 0.05) is 13.6 Å². The van der Waals surface area contributed by atoms with Gasteiger partial charge in [-0.25, -0.2) is 0 Å². The highest BCUT2D eigenvalue weighted by atomic mass is 19.4. The highest BCUT2D eigenvalue weighted by molar-refractivity contribution is 5.95. The van der Waals surface area contributed by atoms with Crippen LogP contribution in [0.5, 0.6) is 0 Å². The number of aliphatic hydroxyl groups is 1. The first kappa shape index (κ1) is 15.5. The van der Waals surface area contributed by atoms with Gasteiger partial charge in [-0.2, -0.15) is 13.2 Å². The lowest BCUT2D eigenvalue weighted by atomic mass is 10.0. The molecule has 0 bridgehead atoms. The zero-order chi connectivity index (χ0) is 14.8. The number of carbonyl (C=O) groups is 1. The lowest BCUT2D eigenvalue weighted by Crippen LogP contribution is -2.40. The molecule has 106 valence electrons. The summed E-state index contributed by atoms with van der Waals surface area (Å²) in [6.07, 6.45) is -4.58. The van der Waals surface area contributed by atoms with Crippen LogP contribution in [0.4, 0.5) is 13.2 Å². The second-order valence-electron chi connectivity index (χ2n) is 5.02. The largest absolute Gasteiger partial charge is 0.417 e. The van der Waals surface area contributed by atoms with Gasteiger partial charge in [-0.1, -0.05) is 12.1 Å². The Kier molecular flexibility index (Phi) is 4.25. The molecule has 0 aromatic heterocycles. The number of alkyl halides is 3. The van der Waals surface area contributed by atoms with Crippen LogP contribution in [0.2, 0.25) is 0 Å². The third-order valence-corrected chi connectivity index (χ3v) is 2.43. The van der Waals surface area contributed by atoms with E-state index in [9.17, 15) is 23.1 Å². The molecular formula is C13H16F3NO2. The summed E-state index contributed by atoms with van der Waals surface area (Å²) in [6, 6.07) is 4.60. The molecule has 0 radical (unpaired) electrons. The third kappa shape index (κ3) is 4.24. The predicted octanol–water partition coefficient (Wildman–Crippen LogP) is 2.55. The first-order chi connectivity index (χ1) is 8.52. The molecule has 0 fully saturated rings. The van der Waals surface area contributed by atoms with E-state index in [-0.39, 0.29) is 6.54 Å². The molecule has 6 heteroatoms. The standard InChI is InChI=1S/C13H16F3NO2/c1-12(2,19)8-17(3)11(18)9-6-4-5-7-10(9)13(14,15)16/h4-7,19H,8H2,1-3H3. The van der Waals surface area contributed by atoms with Gasteiger partial charge in [0.1, 0.15) is 0 Å². The lowest BCUT2D eigenvalue weighted by Gasteiger charge is -2.26. The Morgan fingerprint density at radius 3 is 2.26 bits per heavy atom. The van der Waals surface area contributed by atoms with Crippen LogP contribution in [0, 0.1) is 0 Å². The quantitative estimate of drug-likeness (QED) is 0.921. The van der Waals surface area contributed by atoms with E-state index in [1.807, 2.05) is 0 Å². The summed E-state index contributed by atoms with van der Waals surface area (Å²) >= 11 is 0. The number of nitrogens with zero attached hydrogens (tertiary/aromatic N) is 1. The van der Waals surface area contributed by atoms with Crippen LogP contribution in [0.1, 0.15) is 29.8 Å².